The molecule has 0 aliphatic heterocycles. The summed E-state index contributed by atoms with van der Waals surface area (Å²) in [4.78, 5) is 0. The fourth-order valence-corrected chi connectivity index (χ4v) is 9.83. The van der Waals surface area contributed by atoms with Crippen LogP contribution in [0.25, 0.3) is 0 Å². The zero-order valence-electron chi connectivity index (χ0n) is 16.1. The van der Waals surface area contributed by atoms with Gasteiger partial charge >= 0.3 is 183 Å². The quantitative estimate of drug-likeness (QED) is 0.139. The maximum absolute atomic E-state index is 7.99. The van der Waals surface area contributed by atoms with E-state index < -0.39 is 5.96 Å². The summed E-state index contributed by atoms with van der Waals surface area (Å²) >= 11 is 11.5. The monoisotopic (exact) mass is 472 g/mol. The molecule has 0 spiro atoms. The molecule has 0 amide bonds. The van der Waals surface area contributed by atoms with Gasteiger partial charge in [0.25, 0.3) is 0 Å². The van der Waals surface area contributed by atoms with Crippen LogP contribution in [0.15, 0.2) is 103 Å². The number of hydrogen-bond donors (Lipinski definition) is 0. The Bertz CT molecular complexity index is 779. The molecule has 0 atom stereocenters. The normalized spacial score (nSPS) is 13.3. The molecule has 0 radical (unpaired) electrons. The molecule has 0 bridgehead atoms. The first-order valence-electron chi connectivity index (χ1n) is 9.81. The van der Waals surface area contributed by atoms with Gasteiger partial charge in [0.1, 0.15) is 0 Å². The molecular weight excluding hydrogens is 447 g/mol. The molecule has 3 aromatic rings. The van der Waals surface area contributed by atoms with Crippen LogP contribution in [0, 0.1) is 0 Å². The second kappa shape index (κ2) is 9.88. The van der Waals surface area contributed by atoms with Gasteiger partial charge in [-0.1, -0.05) is 0 Å². The van der Waals surface area contributed by atoms with Crippen LogP contribution in [0.5, 0.6) is 0 Å². The topological polar surface area (TPSA) is 0 Å². The van der Waals surface area contributed by atoms with Crippen LogP contribution in [0.3, 0.4) is 0 Å². The third kappa shape index (κ3) is 4.28. The fraction of sp³-hybridized carbons (Fsp3) is 0.200. The molecule has 28 heavy (non-hydrogen) atoms. The summed E-state index contributed by atoms with van der Waals surface area (Å²) in [5.41, 5.74) is 0. The van der Waals surface area contributed by atoms with E-state index in [9.17, 15) is 0 Å². The Morgan fingerprint density at radius 3 is 1.46 bits per heavy atom. The SMILES string of the molecule is ClP(CC=CCCCCBr)(c1ccccc1)(c1ccccc1)c1ccccc1. The van der Waals surface area contributed by atoms with E-state index in [0.717, 1.165) is 17.9 Å². The van der Waals surface area contributed by atoms with Gasteiger partial charge in [0.05, 0.1) is 0 Å². The predicted octanol–water partition coefficient (Wildman–Crippen LogP) is 6.79. The molecule has 3 aromatic carbocycles. The van der Waals surface area contributed by atoms with Crippen LogP contribution < -0.4 is 15.9 Å². The number of unbranched alkanes of at least 4 members (excludes halogenated alkanes) is 2. The van der Waals surface area contributed by atoms with Gasteiger partial charge < -0.3 is 0 Å². The number of hydrogen-bond acceptors (Lipinski definition) is 0. The number of allylic oxidation sites excluding steroid dienone is 2. The predicted molar refractivity (Wildman–Crippen MR) is 133 cm³/mol. The summed E-state index contributed by atoms with van der Waals surface area (Å²) in [6, 6.07) is 32.0. The van der Waals surface area contributed by atoms with Crippen molar-refractivity contribution >= 4 is 49.0 Å². The van der Waals surface area contributed by atoms with Gasteiger partial charge in [-0.3, -0.25) is 0 Å². The van der Waals surface area contributed by atoms with Crippen molar-refractivity contribution in [2.24, 2.45) is 0 Å². The zero-order valence-corrected chi connectivity index (χ0v) is 19.3. The van der Waals surface area contributed by atoms with Gasteiger partial charge in [-0.05, 0) is 0 Å². The number of alkyl halides is 1. The molecule has 0 heterocycles. The Kier molecular flexibility index (Phi) is 7.52. The van der Waals surface area contributed by atoms with Crippen molar-refractivity contribution in [1.82, 2.24) is 0 Å². The van der Waals surface area contributed by atoms with Gasteiger partial charge in [-0.15, -0.1) is 0 Å². The van der Waals surface area contributed by atoms with E-state index in [1.807, 2.05) is 0 Å². The molecule has 0 saturated heterocycles. The van der Waals surface area contributed by atoms with Gasteiger partial charge in [0.15, 0.2) is 0 Å². The van der Waals surface area contributed by atoms with Crippen LogP contribution >= 0.6 is 33.1 Å². The van der Waals surface area contributed by atoms with Crippen LogP contribution in [0.1, 0.15) is 19.3 Å². The third-order valence-electron chi connectivity index (χ3n) is 5.25. The van der Waals surface area contributed by atoms with E-state index in [1.165, 1.54) is 28.8 Å². The molecule has 0 N–H and O–H groups in total. The van der Waals surface area contributed by atoms with E-state index >= 15 is 0 Å². The number of halogens is 2. The minimum atomic E-state index is -3.13. The molecule has 0 aliphatic carbocycles. The van der Waals surface area contributed by atoms with Crippen molar-refractivity contribution in [1.29, 1.82) is 0 Å². The first-order valence-corrected chi connectivity index (χ1v) is 14.3. The molecule has 3 rings (SSSR count). The van der Waals surface area contributed by atoms with Crippen molar-refractivity contribution in [3.8, 4) is 0 Å². The Hall–Kier alpha value is -1.40. The van der Waals surface area contributed by atoms with Gasteiger partial charge in [0, 0.05) is 0 Å². The summed E-state index contributed by atoms with van der Waals surface area (Å²) in [7, 11) is 0. The zero-order chi connectivity index (χ0) is 19.7. The number of benzene rings is 3. The second-order valence-corrected chi connectivity index (χ2v) is 14.3. The van der Waals surface area contributed by atoms with E-state index in [2.05, 4.69) is 119 Å². The molecule has 0 unspecified atom stereocenters. The summed E-state index contributed by atoms with van der Waals surface area (Å²) in [6.07, 6.45) is 8.92. The van der Waals surface area contributed by atoms with E-state index in [-0.39, 0.29) is 0 Å². The molecule has 0 aromatic heterocycles. The van der Waals surface area contributed by atoms with Gasteiger partial charge in [0.2, 0.25) is 0 Å². The summed E-state index contributed by atoms with van der Waals surface area (Å²) < 4.78 is 0. The second-order valence-electron chi connectivity index (χ2n) is 7.03. The van der Waals surface area contributed by atoms with E-state index in [4.69, 9.17) is 11.2 Å². The molecule has 146 valence electrons. The van der Waals surface area contributed by atoms with E-state index in [0.29, 0.717) is 0 Å². The Labute approximate surface area is 182 Å². The molecular formula is C25H27BrClP. The first kappa shape index (κ1) is 21.3. The number of rotatable bonds is 9. The summed E-state index contributed by atoms with van der Waals surface area (Å²) in [6.45, 7) is 0. The average molecular weight is 474 g/mol. The van der Waals surface area contributed by atoms with Crippen LogP contribution in [-0.4, -0.2) is 11.5 Å². The Balaban J connectivity index is 2.16. The van der Waals surface area contributed by atoms with Crippen molar-refractivity contribution in [2.45, 2.75) is 19.3 Å². The summed E-state index contributed by atoms with van der Waals surface area (Å²) in [5.74, 6) is -3.13. The molecule has 0 fully saturated rings. The fourth-order valence-electron chi connectivity index (χ4n) is 3.73. The van der Waals surface area contributed by atoms with Crippen molar-refractivity contribution in [2.75, 3.05) is 11.5 Å². The van der Waals surface area contributed by atoms with Crippen molar-refractivity contribution in [3.05, 3.63) is 103 Å². The summed E-state index contributed by atoms with van der Waals surface area (Å²) in [5, 5.41) is 4.72. The maximum atomic E-state index is 7.99. The van der Waals surface area contributed by atoms with Crippen LogP contribution in [-0.2, 0) is 0 Å². The van der Waals surface area contributed by atoms with Crippen LogP contribution in [0.4, 0.5) is 0 Å². The molecule has 0 nitrogen and oxygen atoms in total. The van der Waals surface area contributed by atoms with Crippen LogP contribution in [0.2, 0.25) is 0 Å². The molecule has 0 saturated carbocycles. The van der Waals surface area contributed by atoms with Crippen molar-refractivity contribution < 1.29 is 0 Å². The van der Waals surface area contributed by atoms with Gasteiger partial charge in [-0.2, -0.15) is 0 Å². The van der Waals surface area contributed by atoms with E-state index in [1.54, 1.807) is 0 Å². The Morgan fingerprint density at radius 1 is 0.643 bits per heavy atom. The molecule has 3 heteroatoms. The molecule has 0 aliphatic rings. The first-order chi connectivity index (χ1) is 13.7. The standard InChI is InChI=1S/C25H27BrClP/c26-21-13-2-1-3-14-22-28(27,23-15-7-4-8-16-23,24-17-9-5-10-18-24)25-19-11-6-12-20-25/h3-12,14-20H,1-2,13,21-22H2. The van der Waals surface area contributed by atoms with Gasteiger partial charge in [-0.25, -0.2) is 0 Å². The average Bonchev–Trinajstić information content (AvgIpc) is 2.78. The van der Waals surface area contributed by atoms with Crippen molar-refractivity contribution in [3.63, 3.8) is 0 Å². The Morgan fingerprint density at radius 2 is 1.07 bits per heavy atom. The minimum absolute atomic E-state index is 0.819. The third-order valence-corrected chi connectivity index (χ3v) is 13.0.